The number of carbonyl (C=O) groups excluding carboxylic acids is 1. The first-order chi connectivity index (χ1) is 10.2. The SMILES string of the molecule is COCCNC(=O)CCn1c(CCl)nc2cc(C)cnc21. The molecule has 0 radical (unpaired) electrons. The quantitative estimate of drug-likeness (QED) is 0.623. The maximum Gasteiger partial charge on any atom is 0.221 e. The van der Waals surface area contributed by atoms with E-state index < -0.39 is 0 Å². The number of pyridine rings is 1. The highest BCUT2D eigenvalue weighted by Gasteiger charge is 2.12. The Hall–Kier alpha value is -1.66. The van der Waals surface area contributed by atoms with Crippen LogP contribution in [0.2, 0.25) is 0 Å². The van der Waals surface area contributed by atoms with Gasteiger partial charge in [0.05, 0.1) is 12.5 Å². The summed E-state index contributed by atoms with van der Waals surface area (Å²) in [6.45, 7) is 3.50. The highest BCUT2D eigenvalue weighted by Crippen LogP contribution is 2.17. The average Bonchev–Trinajstić information content (AvgIpc) is 2.82. The molecule has 0 atom stereocenters. The van der Waals surface area contributed by atoms with Crippen LogP contribution in [-0.4, -0.2) is 40.7 Å². The van der Waals surface area contributed by atoms with E-state index in [-0.39, 0.29) is 5.91 Å². The second-order valence-electron chi connectivity index (χ2n) is 4.76. The number of ether oxygens (including phenoxy) is 1. The van der Waals surface area contributed by atoms with E-state index in [1.165, 1.54) is 0 Å². The van der Waals surface area contributed by atoms with Crippen molar-refractivity contribution >= 4 is 28.7 Å². The summed E-state index contributed by atoms with van der Waals surface area (Å²) in [6, 6.07) is 1.97. The lowest BCUT2D eigenvalue weighted by Crippen LogP contribution is -2.27. The first-order valence-electron chi connectivity index (χ1n) is 6.79. The zero-order chi connectivity index (χ0) is 15.2. The van der Waals surface area contributed by atoms with Crippen LogP contribution in [-0.2, 0) is 22.0 Å². The predicted octanol–water partition coefficient (Wildman–Crippen LogP) is 1.63. The van der Waals surface area contributed by atoms with Crippen molar-refractivity contribution in [3.8, 4) is 0 Å². The van der Waals surface area contributed by atoms with Crippen LogP contribution in [0.25, 0.3) is 11.2 Å². The molecule has 0 saturated heterocycles. The van der Waals surface area contributed by atoms with Crippen molar-refractivity contribution in [3.05, 3.63) is 23.7 Å². The van der Waals surface area contributed by atoms with Gasteiger partial charge in [0.15, 0.2) is 5.65 Å². The fourth-order valence-corrected chi connectivity index (χ4v) is 2.29. The number of nitrogens with zero attached hydrogens (tertiary/aromatic N) is 3. The highest BCUT2D eigenvalue weighted by molar-refractivity contribution is 6.16. The molecular formula is C14H19ClN4O2. The van der Waals surface area contributed by atoms with Crippen LogP contribution >= 0.6 is 11.6 Å². The number of rotatable bonds is 7. The van der Waals surface area contributed by atoms with E-state index in [4.69, 9.17) is 16.3 Å². The Bertz CT molecular complexity index is 627. The van der Waals surface area contributed by atoms with Crippen molar-refractivity contribution in [1.82, 2.24) is 19.9 Å². The van der Waals surface area contributed by atoms with Crippen molar-refractivity contribution in [2.24, 2.45) is 0 Å². The van der Waals surface area contributed by atoms with Gasteiger partial charge in [-0.2, -0.15) is 0 Å². The molecule has 0 aliphatic heterocycles. The maximum atomic E-state index is 11.7. The summed E-state index contributed by atoms with van der Waals surface area (Å²) in [6.07, 6.45) is 2.14. The van der Waals surface area contributed by atoms with Crippen molar-refractivity contribution in [2.45, 2.75) is 25.8 Å². The molecule has 114 valence electrons. The van der Waals surface area contributed by atoms with Crippen LogP contribution in [0, 0.1) is 6.92 Å². The van der Waals surface area contributed by atoms with Gasteiger partial charge in [0.1, 0.15) is 11.3 Å². The lowest BCUT2D eigenvalue weighted by molar-refractivity contribution is -0.121. The zero-order valence-corrected chi connectivity index (χ0v) is 13.0. The molecule has 0 aliphatic rings. The van der Waals surface area contributed by atoms with Crippen LogP contribution in [0.4, 0.5) is 0 Å². The molecule has 0 spiro atoms. The lowest BCUT2D eigenvalue weighted by Gasteiger charge is -2.08. The van der Waals surface area contributed by atoms with E-state index >= 15 is 0 Å². The number of hydrogen-bond acceptors (Lipinski definition) is 4. The van der Waals surface area contributed by atoms with Gasteiger partial charge in [0.25, 0.3) is 0 Å². The minimum absolute atomic E-state index is 0.0264. The molecule has 2 aromatic heterocycles. The molecule has 6 nitrogen and oxygen atoms in total. The van der Waals surface area contributed by atoms with E-state index in [1.54, 1.807) is 13.3 Å². The summed E-state index contributed by atoms with van der Waals surface area (Å²) in [5.74, 6) is 0.997. The van der Waals surface area contributed by atoms with E-state index in [9.17, 15) is 4.79 Å². The second-order valence-corrected chi connectivity index (χ2v) is 5.03. The molecule has 1 N–H and O–H groups in total. The summed E-state index contributed by atoms with van der Waals surface area (Å²) in [5, 5.41) is 2.79. The third-order valence-electron chi connectivity index (χ3n) is 3.11. The lowest BCUT2D eigenvalue weighted by atomic mass is 10.3. The van der Waals surface area contributed by atoms with Gasteiger partial charge in [-0.25, -0.2) is 9.97 Å². The van der Waals surface area contributed by atoms with Gasteiger partial charge in [-0.15, -0.1) is 11.6 Å². The average molecular weight is 311 g/mol. The number of methoxy groups -OCH3 is 1. The number of aryl methyl sites for hydroxylation is 2. The first kappa shape index (κ1) is 15.7. The van der Waals surface area contributed by atoms with Gasteiger partial charge >= 0.3 is 0 Å². The normalized spacial score (nSPS) is 11.0. The minimum atomic E-state index is -0.0264. The molecule has 2 rings (SSSR count). The molecule has 0 aliphatic carbocycles. The summed E-state index contributed by atoms with van der Waals surface area (Å²) >= 11 is 5.93. The Morgan fingerprint density at radius 1 is 1.52 bits per heavy atom. The molecule has 0 unspecified atom stereocenters. The smallest absolute Gasteiger partial charge is 0.221 e. The number of alkyl halides is 1. The van der Waals surface area contributed by atoms with E-state index in [0.717, 1.165) is 22.6 Å². The number of hydrogen-bond donors (Lipinski definition) is 1. The third-order valence-corrected chi connectivity index (χ3v) is 3.35. The van der Waals surface area contributed by atoms with Crippen LogP contribution in [0.3, 0.4) is 0 Å². The van der Waals surface area contributed by atoms with Crippen molar-refractivity contribution in [3.63, 3.8) is 0 Å². The first-order valence-corrected chi connectivity index (χ1v) is 7.32. The number of halogens is 1. The number of aromatic nitrogens is 3. The standard InChI is InChI=1S/C14H19ClN4O2/c1-10-7-11-14(17-9-10)19(12(8-15)18-11)5-3-13(20)16-4-6-21-2/h7,9H,3-6,8H2,1-2H3,(H,16,20). The van der Waals surface area contributed by atoms with Crippen LogP contribution in [0.5, 0.6) is 0 Å². The third kappa shape index (κ3) is 3.92. The van der Waals surface area contributed by atoms with Gasteiger partial charge < -0.3 is 14.6 Å². The highest BCUT2D eigenvalue weighted by atomic mass is 35.5. The number of nitrogens with one attached hydrogen (secondary N) is 1. The summed E-state index contributed by atoms with van der Waals surface area (Å²) < 4.78 is 6.79. The van der Waals surface area contributed by atoms with Gasteiger partial charge in [-0.05, 0) is 18.6 Å². The summed E-state index contributed by atoms with van der Waals surface area (Å²) in [7, 11) is 1.60. The molecule has 0 fully saturated rings. The molecule has 0 saturated carbocycles. The molecule has 7 heteroatoms. The Labute approximate surface area is 128 Å². The van der Waals surface area contributed by atoms with E-state index in [2.05, 4.69) is 15.3 Å². The molecular weight excluding hydrogens is 292 g/mol. The van der Waals surface area contributed by atoms with E-state index in [0.29, 0.717) is 32.0 Å². The monoisotopic (exact) mass is 310 g/mol. The van der Waals surface area contributed by atoms with Crippen LogP contribution in [0.1, 0.15) is 17.8 Å². The topological polar surface area (TPSA) is 69.0 Å². The second kappa shape index (κ2) is 7.38. The maximum absolute atomic E-state index is 11.7. The Kier molecular flexibility index (Phi) is 5.52. The van der Waals surface area contributed by atoms with Crippen molar-refractivity contribution in [1.29, 1.82) is 0 Å². The number of imidazole rings is 1. The van der Waals surface area contributed by atoms with Gasteiger partial charge in [0.2, 0.25) is 5.91 Å². The Balaban J connectivity index is 2.08. The van der Waals surface area contributed by atoms with Gasteiger partial charge in [-0.3, -0.25) is 4.79 Å². The number of fused-ring (bicyclic) bond motifs is 1. The molecule has 2 aromatic rings. The number of carbonyl (C=O) groups is 1. The molecule has 1 amide bonds. The number of amides is 1. The minimum Gasteiger partial charge on any atom is -0.383 e. The molecule has 2 heterocycles. The summed E-state index contributed by atoms with van der Waals surface area (Å²) in [4.78, 5) is 20.6. The zero-order valence-electron chi connectivity index (χ0n) is 12.2. The van der Waals surface area contributed by atoms with Crippen LogP contribution in [0.15, 0.2) is 12.3 Å². The summed E-state index contributed by atoms with van der Waals surface area (Å²) in [5.41, 5.74) is 2.62. The van der Waals surface area contributed by atoms with E-state index in [1.807, 2.05) is 17.6 Å². The molecule has 0 aromatic carbocycles. The largest absolute Gasteiger partial charge is 0.383 e. The predicted molar refractivity (Wildman–Crippen MR) is 81.3 cm³/mol. The fraction of sp³-hybridized carbons (Fsp3) is 0.500. The molecule has 21 heavy (non-hydrogen) atoms. The van der Waals surface area contributed by atoms with Crippen molar-refractivity contribution < 1.29 is 9.53 Å². The Morgan fingerprint density at radius 2 is 2.33 bits per heavy atom. The fourth-order valence-electron chi connectivity index (χ4n) is 2.09. The van der Waals surface area contributed by atoms with Crippen molar-refractivity contribution in [2.75, 3.05) is 20.3 Å². The molecule has 0 bridgehead atoms. The van der Waals surface area contributed by atoms with Crippen LogP contribution < -0.4 is 5.32 Å². The Morgan fingerprint density at radius 3 is 3.05 bits per heavy atom. The van der Waals surface area contributed by atoms with Gasteiger partial charge in [0, 0.05) is 32.8 Å². The van der Waals surface area contributed by atoms with Gasteiger partial charge in [-0.1, -0.05) is 0 Å².